The topological polar surface area (TPSA) is 0 Å². The molecule has 0 spiro atoms. The smallest absolute Gasteiger partial charge is 1.00 e. The van der Waals surface area contributed by atoms with E-state index in [1.807, 2.05) is 0 Å². The van der Waals surface area contributed by atoms with Crippen molar-refractivity contribution in [3.63, 3.8) is 0 Å². The second kappa shape index (κ2) is 9.02. The predicted octanol–water partition coefficient (Wildman–Crippen LogP) is -1.88. The normalized spacial score (nSPS) is 15.3. The van der Waals surface area contributed by atoms with E-state index < -0.39 is 0 Å². The molecule has 1 aliphatic carbocycles. The Kier molecular flexibility index (Phi) is 11.0. The van der Waals surface area contributed by atoms with Crippen LogP contribution in [0.5, 0.6) is 0 Å². The molecule has 0 fully saturated rings. The molecule has 0 amide bonds. The van der Waals surface area contributed by atoms with E-state index in [-0.39, 0.29) is 24.8 Å². The van der Waals surface area contributed by atoms with Crippen LogP contribution in [0.15, 0.2) is 20.0 Å². The maximum atomic E-state index is 2.30. The summed E-state index contributed by atoms with van der Waals surface area (Å²) in [6.45, 7) is 6.87. The van der Waals surface area contributed by atoms with E-state index in [9.17, 15) is 0 Å². The summed E-state index contributed by atoms with van der Waals surface area (Å²) in [4.78, 5) is 0. The zero-order valence-electron chi connectivity index (χ0n) is 9.79. The van der Waals surface area contributed by atoms with Crippen LogP contribution in [0.4, 0.5) is 0 Å². The van der Waals surface area contributed by atoms with Crippen molar-refractivity contribution >= 4 is 0 Å². The van der Waals surface area contributed by atoms with E-state index in [0.29, 0.717) is 0 Å². The summed E-state index contributed by atoms with van der Waals surface area (Å²) in [6.07, 6.45) is 6.44. The van der Waals surface area contributed by atoms with E-state index in [1.54, 1.807) is 44.7 Å². The minimum absolute atomic E-state index is 0. The molecule has 0 heterocycles. The average Bonchev–Trinajstić information content (AvgIpc) is 2.44. The summed E-state index contributed by atoms with van der Waals surface area (Å²) in [6, 6.07) is 0. The third-order valence-electron chi connectivity index (χ3n) is 2.84. The van der Waals surface area contributed by atoms with Crippen molar-refractivity contribution in [2.75, 3.05) is 0 Å². The number of halogens is 2. The molecular weight excluding hydrogens is 306 g/mol. The third kappa shape index (κ3) is 4.37. The maximum Gasteiger partial charge on any atom is -1.00 e. The average molecular weight is 325 g/mol. The number of allylic oxidation sites excluding steroid dienone is 4. The van der Waals surface area contributed by atoms with Crippen LogP contribution in [-0.2, 0) is 24.7 Å². The van der Waals surface area contributed by atoms with Crippen LogP contribution in [0.25, 0.3) is 0 Å². The number of hydrogen-bond donors (Lipinski definition) is 0. The van der Waals surface area contributed by atoms with Crippen LogP contribution in [0.2, 0.25) is 0 Å². The predicted molar refractivity (Wildman–Crippen MR) is 54.2 cm³/mol. The monoisotopic (exact) mass is 323 g/mol. The van der Waals surface area contributed by atoms with Crippen molar-refractivity contribution in [3.05, 3.63) is 20.0 Å². The molecule has 3 heteroatoms. The van der Waals surface area contributed by atoms with Gasteiger partial charge in [0.15, 0.2) is 0 Å². The molecule has 85 valence electrons. The van der Waals surface area contributed by atoms with E-state index in [0.717, 1.165) is 0 Å². The third-order valence-corrected chi connectivity index (χ3v) is 4.45. The van der Waals surface area contributed by atoms with Crippen LogP contribution in [-0.4, -0.2) is 0 Å². The van der Waals surface area contributed by atoms with Crippen molar-refractivity contribution in [1.29, 1.82) is 0 Å². The van der Waals surface area contributed by atoms with Gasteiger partial charge in [0.25, 0.3) is 0 Å². The fraction of sp³-hybridized carbons (Fsp3) is 0.667. The summed E-state index contributed by atoms with van der Waals surface area (Å²) in [5, 5.41) is 0. The summed E-state index contributed by atoms with van der Waals surface area (Å²) in [5.74, 6) is 0. The molecule has 0 atom stereocenters. The van der Waals surface area contributed by atoms with Crippen LogP contribution in [0.3, 0.4) is 0 Å². The molecule has 1 aliphatic rings. The first-order valence-electron chi connectivity index (χ1n) is 5.39. The molecule has 1 rings (SSSR count). The summed E-state index contributed by atoms with van der Waals surface area (Å²) in [5.41, 5.74) is 5.16. The Morgan fingerprint density at radius 1 is 1.00 bits per heavy atom. The van der Waals surface area contributed by atoms with E-state index >= 15 is 0 Å². The van der Waals surface area contributed by atoms with E-state index in [4.69, 9.17) is 0 Å². The fourth-order valence-corrected chi connectivity index (χ4v) is 3.52. The number of hydrogen-bond acceptors (Lipinski definition) is 0. The van der Waals surface area contributed by atoms with Crippen molar-refractivity contribution < 1.29 is 49.5 Å². The first kappa shape index (κ1) is 18.3. The Morgan fingerprint density at radius 3 is 1.93 bits per heavy atom. The fourth-order valence-electron chi connectivity index (χ4n) is 2.12. The molecule has 15 heavy (non-hydrogen) atoms. The van der Waals surface area contributed by atoms with Crippen LogP contribution in [0, 0.1) is 0 Å². The van der Waals surface area contributed by atoms with Crippen LogP contribution < -0.4 is 24.8 Å². The molecule has 0 saturated carbocycles. The Balaban J connectivity index is 0. The molecule has 0 bridgehead atoms. The van der Waals surface area contributed by atoms with E-state index in [2.05, 4.69) is 20.8 Å². The molecule has 0 aromatic rings. The maximum absolute atomic E-state index is 2.30. The van der Waals surface area contributed by atoms with Gasteiger partial charge in [-0.1, -0.05) is 0 Å². The molecule has 0 aliphatic heterocycles. The van der Waals surface area contributed by atoms with E-state index in [1.165, 1.54) is 32.1 Å². The van der Waals surface area contributed by atoms with Gasteiger partial charge < -0.3 is 24.8 Å². The first-order valence-corrected chi connectivity index (χ1v) is 6.62. The Bertz CT molecular complexity index is 254. The van der Waals surface area contributed by atoms with Gasteiger partial charge in [-0.3, -0.25) is 0 Å². The minimum atomic E-state index is 0. The molecule has 0 N–H and O–H groups in total. The van der Waals surface area contributed by atoms with Gasteiger partial charge in [0, 0.05) is 0 Å². The van der Waals surface area contributed by atoms with Gasteiger partial charge in [0.2, 0.25) is 0 Å². The Hall–Kier alpha value is 0.943. The largest absolute Gasteiger partial charge is 1.00 e. The molecule has 0 aromatic carbocycles. The van der Waals surface area contributed by atoms with Gasteiger partial charge in [0.05, 0.1) is 0 Å². The first-order chi connectivity index (χ1) is 6.24. The van der Waals surface area contributed by atoms with Crippen LogP contribution >= 0.6 is 0 Å². The molecule has 0 aromatic heterocycles. The Morgan fingerprint density at radius 2 is 1.60 bits per heavy atom. The molecule has 0 saturated heterocycles. The minimum Gasteiger partial charge on any atom is -1.00 e. The Labute approximate surface area is 122 Å². The van der Waals surface area contributed by atoms with Crippen molar-refractivity contribution in [2.45, 2.75) is 52.9 Å². The zero-order chi connectivity index (χ0) is 9.84. The zero-order valence-corrected chi connectivity index (χ0v) is 13.8. The van der Waals surface area contributed by atoms with Gasteiger partial charge >= 0.3 is 97.6 Å². The van der Waals surface area contributed by atoms with Gasteiger partial charge in [-0.05, 0) is 0 Å². The number of rotatable bonds is 4. The van der Waals surface area contributed by atoms with Crippen molar-refractivity contribution in [2.24, 2.45) is 0 Å². The molecule has 0 unspecified atom stereocenters. The van der Waals surface area contributed by atoms with Crippen molar-refractivity contribution in [1.82, 2.24) is 0 Å². The second-order valence-electron chi connectivity index (χ2n) is 3.69. The SMILES string of the molecule is CCCC1=[C]([Zr+2])C(CC)=C(CC)C1.[Cl-].[Cl-]. The summed E-state index contributed by atoms with van der Waals surface area (Å²) >= 11 is 1.63. The van der Waals surface area contributed by atoms with Gasteiger partial charge in [-0.2, -0.15) is 0 Å². The molecule has 0 nitrogen and oxygen atoms in total. The standard InChI is InChI=1S/C12H19.2ClH.Zr/c1-4-7-10-8-11(5-2)12(6-3)9-10;;;/h4-8H2,1-3H3;2*1H;/q;;;+2/p-2. The van der Waals surface area contributed by atoms with Crippen molar-refractivity contribution in [3.8, 4) is 0 Å². The quantitative estimate of drug-likeness (QED) is 0.567. The molecule has 0 radical (unpaired) electrons. The summed E-state index contributed by atoms with van der Waals surface area (Å²) in [7, 11) is 0. The second-order valence-corrected chi connectivity index (χ2v) is 4.92. The van der Waals surface area contributed by atoms with Gasteiger partial charge in [0.1, 0.15) is 0 Å². The van der Waals surface area contributed by atoms with Gasteiger partial charge in [-0.15, -0.1) is 0 Å². The molecular formula is C12H19Cl2Zr. The van der Waals surface area contributed by atoms with Crippen LogP contribution in [0.1, 0.15) is 52.9 Å². The summed E-state index contributed by atoms with van der Waals surface area (Å²) < 4.78 is 1.70. The van der Waals surface area contributed by atoms with Gasteiger partial charge in [-0.25, -0.2) is 0 Å².